The number of nitrogens with one attached hydrogen (secondary N) is 1. The fourth-order valence-electron chi connectivity index (χ4n) is 2.42. The lowest BCUT2D eigenvalue weighted by Crippen LogP contribution is -2.17. The van der Waals surface area contributed by atoms with Crippen LogP contribution in [0.15, 0.2) is 12.3 Å². The molecule has 2 rings (SSSR count). The lowest BCUT2D eigenvalue weighted by atomic mass is 10.1. The summed E-state index contributed by atoms with van der Waals surface area (Å²) < 4.78 is 5.36. The van der Waals surface area contributed by atoms with Crippen LogP contribution in [-0.4, -0.2) is 28.6 Å². The molecule has 20 heavy (non-hydrogen) atoms. The monoisotopic (exact) mass is 277 g/mol. The molecule has 0 radical (unpaired) electrons. The number of carbonyl (C=O) groups is 1. The first-order chi connectivity index (χ1) is 9.65. The summed E-state index contributed by atoms with van der Waals surface area (Å²) in [5.41, 5.74) is 0. The average Bonchev–Trinajstić information content (AvgIpc) is 2.92. The lowest BCUT2D eigenvalue weighted by molar-refractivity contribution is -0.117. The van der Waals surface area contributed by atoms with Gasteiger partial charge in [0.2, 0.25) is 5.91 Å². The van der Waals surface area contributed by atoms with Crippen molar-refractivity contribution in [2.75, 3.05) is 11.9 Å². The number of aromatic nitrogens is 2. The number of nitrogens with zero attached hydrogens (tertiary/aromatic N) is 2. The van der Waals surface area contributed by atoms with Crippen molar-refractivity contribution in [1.29, 1.82) is 0 Å². The summed E-state index contributed by atoms with van der Waals surface area (Å²) in [5.74, 6) is 1.84. The maximum Gasteiger partial charge on any atom is 0.227 e. The highest BCUT2D eigenvalue weighted by molar-refractivity contribution is 5.89. The van der Waals surface area contributed by atoms with Crippen LogP contribution >= 0.6 is 0 Å². The molecule has 0 bridgehead atoms. The van der Waals surface area contributed by atoms with Gasteiger partial charge in [0.15, 0.2) is 0 Å². The van der Waals surface area contributed by atoms with Gasteiger partial charge in [0.1, 0.15) is 11.6 Å². The van der Waals surface area contributed by atoms with E-state index in [0.29, 0.717) is 24.8 Å². The molecule has 1 aliphatic rings. The first kappa shape index (κ1) is 14.9. The number of ether oxygens (including phenoxy) is 1. The molecule has 0 aromatic carbocycles. The van der Waals surface area contributed by atoms with Crippen LogP contribution in [0, 0.1) is 0 Å². The van der Waals surface area contributed by atoms with Gasteiger partial charge in [-0.1, -0.05) is 12.8 Å². The number of amides is 1. The summed E-state index contributed by atoms with van der Waals surface area (Å²) in [6, 6.07) is 1.74. The van der Waals surface area contributed by atoms with Crippen molar-refractivity contribution >= 4 is 11.7 Å². The SMILES string of the molecule is CC(C)OCCC(=O)Nc1ccnc(C2CCCC2)n1. The van der Waals surface area contributed by atoms with Crippen LogP contribution in [0.5, 0.6) is 0 Å². The fraction of sp³-hybridized carbons (Fsp3) is 0.667. The zero-order chi connectivity index (χ0) is 14.4. The lowest BCUT2D eigenvalue weighted by Gasteiger charge is -2.10. The van der Waals surface area contributed by atoms with Crippen LogP contribution in [-0.2, 0) is 9.53 Å². The molecule has 1 aromatic rings. The van der Waals surface area contributed by atoms with Crippen molar-refractivity contribution in [3.05, 3.63) is 18.1 Å². The second-order valence-corrected chi connectivity index (χ2v) is 5.50. The standard InChI is InChI=1S/C15H23N3O2/c1-11(2)20-10-8-14(19)17-13-7-9-16-15(18-13)12-5-3-4-6-12/h7,9,11-12H,3-6,8,10H2,1-2H3,(H,16,17,18,19). The smallest absolute Gasteiger partial charge is 0.227 e. The Hall–Kier alpha value is -1.49. The highest BCUT2D eigenvalue weighted by atomic mass is 16.5. The summed E-state index contributed by atoms with van der Waals surface area (Å²) >= 11 is 0. The van der Waals surface area contributed by atoms with Gasteiger partial charge in [0, 0.05) is 12.1 Å². The highest BCUT2D eigenvalue weighted by Gasteiger charge is 2.19. The van der Waals surface area contributed by atoms with Crippen molar-refractivity contribution in [1.82, 2.24) is 9.97 Å². The molecule has 1 aromatic heterocycles. The van der Waals surface area contributed by atoms with Gasteiger partial charge >= 0.3 is 0 Å². The minimum Gasteiger partial charge on any atom is -0.378 e. The molecular weight excluding hydrogens is 254 g/mol. The Labute approximate surface area is 120 Å². The Balaban J connectivity index is 1.85. The first-order valence-electron chi connectivity index (χ1n) is 7.39. The van der Waals surface area contributed by atoms with E-state index in [-0.39, 0.29) is 12.0 Å². The number of hydrogen-bond donors (Lipinski definition) is 1. The van der Waals surface area contributed by atoms with Crippen molar-refractivity contribution < 1.29 is 9.53 Å². The molecule has 1 heterocycles. The van der Waals surface area contributed by atoms with E-state index in [4.69, 9.17) is 4.74 Å². The normalized spacial score (nSPS) is 15.8. The van der Waals surface area contributed by atoms with Gasteiger partial charge in [-0.2, -0.15) is 0 Å². The van der Waals surface area contributed by atoms with Crippen LogP contribution in [0.4, 0.5) is 5.82 Å². The van der Waals surface area contributed by atoms with E-state index in [1.807, 2.05) is 13.8 Å². The van der Waals surface area contributed by atoms with Gasteiger partial charge in [-0.15, -0.1) is 0 Å². The second-order valence-electron chi connectivity index (χ2n) is 5.50. The van der Waals surface area contributed by atoms with E-state index in [1.165, 1.54) is 12.8 Å². The third-order valence-electron chi connectivity index (χ3n) is 3.44. The molecule has 0 atom stereocenters. The molecule has 0 saturated heterocycles. The zero-order valence-electron chi connectivity index (χ0n) is 12.3. The molecule has 5 heteroatoms. The Morgan fingerprint density at radius 2 is 2.20 bits per heavy atom. The second kappa shape index (κ2) is 7.33. The molecule has 1 saturated carbocycles. The molecule has 110 valence electrons. The molecule has 1 N–H and O–H groups in total. The number of hydrogen-bond acceptors (Lipinski definition) is 4. The van der Waals surface area contributed by atoms with Crippen molar-refractivity contribution in [2.45, 2.75) is 58.0 Å². The van der Waals surface area contributed by atoms with Crippen molar-refractivity contribution in [3.8, 4) is 0 Å². The van der Waals surface area contributed by atoms with E-state index >= 15 is 0 Å². The van der Waals surface area contributed by atoms with E-state index < -0.39 is 0 Å². The predicted molar refractivity (Wildman–Crippen MR) is 77.6 cm³/mol. The average molecular weight is 277 g/mol. The zero-order valence-corrected chi connectivity index (χ0v) is 12.3. The molecule has 0 unspecified atom stereocenters. The summed E-state index contributed by atoms with van der Waals surface area (Å²) in [6.45, 7) is 4.34. The van der Waals surface area contributed by atoms with Gasteiger partial charge in [-0.25, -0.2) is 9.97 Å². The minimum atomic E-state index is -0.0679. The van der Waals surface area contributed by atoms with Crippen LogP contribution < -0.4 is 5.32 Å². The first-order valence-corrected chi connectivity index (χ1v) is 7.39. The van der Waals surface area contributed by atoms with Crippen LogP contribution in [0.3, 0.4) is 0 Å². The maximum absolute atomic E-state index is 11.8. The summed E-state index contributed by atoms with van der Waals surface area (Å²) in [6.07, 6.45) is 7.02. The van der Waals surface area contributed by atoms with Gasteiger partial charge in [-0.3, -0.25) is 4.79 Å². The van der Waals surface area contributed by atoms with E-state index in [2.05, 4.69) is 15.3 Å². The summed E-state index contributed by atoms with van der Waals surface area (Å²) in [4.78, 5) is 20.6. The number of anilines is 1. The molecule has 0 spiro atoms. The highest BCUT2D eigenvalue weighted by Crippen LogP contribution is 2.32. The molecule has 1 aliphatic carbocycles. The Morgan fingerprint density at radius 1 is 1.45 bits per heavy atom. The van der Waals surface area contributed by atoms with Crippen LogP contribution in [0.25, 0.3) is 0 Å². The van der Waals surface area contributed by atoms with Crippen LogP contribution in [0.2, 0.25) is 0 Å². The Morgan fingerprint density at radius 3 is 2.90 bits per heavy atom. The fourth-order valence-corrected chi connectivity index (χ4v) is 2.42. The third kappa shape index (κ3) is 4.56. The predicted octanol–water partition coefficient (Wildman–Crippen LogP) is 2.89. The molecule has 0 aliphatic heterocycles. The maximum atomic E-state index is 11.8. The van der Waals surface area contributed by atoms with Gasteiger partial charge in [0.05, 0.1) is 19.1 Å². The summed E-state index contributed by atoms with van der Waals surface area (Å²) in [5, 5.41) is 2.81. The van der Waals surface area contributed by atoms with Gasteiger partial charge in [-0.05, 0) is 32.8 Å². The molecule has 1 fully saturated rings. The van der Waals surface area contributed by atoms with E-state index in [0.717, 1.165) is 18.7 Å². The summed E-state index contributed by atoms with van der Waals surface area (Å²) in [7, 11) is 0. The van der Waals surface area contributed by atoms with Gasteiger partial charge < -0.3 is 10.1 Å². The Kier molecular flexibility index (Phi) is 5.47. The largest absolute Gasteiger partial charge is 0.378 e. The quantitative estimate of drug-likeness (QED) is 0.868. The molecular formula is C15H23N3O2. The minimum absolute atomic E-state index is 0.0679. The molecule has 1 amide bonds. The number of carbonyl (C=O) groups excluding carboxylic acids is 1. The van der Waals surface area contributed by atoms with Crippen LogP contribution in [0.1, 0.15) is 57.7 Å². The molecule has 5 nitrogen and oxygen atoms in total. The Bertz CT molecular complexity index is 442. The van der Waals surface area contributed by atoms with Gasteiger partial charge in [0.25, 0.3) is 0 Å². The third-order valence-corrected chi connectivity index (χ3v) is 3.44. The van der Waals surface area contributed by atoms with Crippen molar-refractivity contribution in [2.24, 2.45) is 0 Å². The number of rotatable bonds is 6. The van der Waals surface area contributed by atoms with Crippen molar-refractivity contribution in [3.63, 3.8) is 0 Å². The van der Waals surface area contributed by atoms with E-state index in [1.54, 1.807) is 12.3 Å². The topological polar surface area (TPSA) is 64.1 Å². The van der Waals surface area contributed by atoms with E-state index in [9.17, 15) is 4.79 Å².